The molecule has 1 heterocycles. The van der Waals surface area contributed by atoms with E-state index in [-0.39, 0.29) is 0 Å². The molecular formula is C13H21N3O3S2. The van der Waals surface area contributed by atoms with E-state index >= 15 is 0 Å². The smallest absolute Gasteiger partial charge is 0.271 e. The van der Waals surface area contributed by atoms with Gasteiger partial charge in [-0.25, -0.2) is 8.57 Å². The van der Waals surface area contributed by atoms with Crippen molar-refractivity contribution in [2.24, 2.45) is 4.36 Å². The van der Waals surface area contributed by atoms with E-state index in [0.717, 1.165) is 19.3 Å². The monoisotopic (exact) mass is 331 g/mol. The summed E-state index contributed by atoms with van der Waals surface area (Å²) in [6, 6.07) is 6.60. The highest BCUT2D eigenvalue weighted by molar-refractivity contribution is 7.93. The number of benzene rings is 1. The van der Waals surface area contributed by atoms with Crippen LogP contribution in [0.2, 0.25) is 0 Å². The summed E-state index contributed by atoms with van der Waals surface area (Å²) in [6.07, 6.45) is 4.37. The van der Waals surface area contributed by atoms with Gasteiger partial charge in [-0.3, -0.25) is 4.72 Å². The van der Waals surface area contributed by atoms with Crippen LogP contribution >= 0.6 is 0 Å². The summed E-state index contributed by atoms with van der Waals surface area (Å²) in [5.41, 5.74) is 0.413. The Labute approximate surface area is 126 Å². The number of nitrogens with one attached hydrogen (secondary N) is 1. The number of hydrogen-bond donors (Lipinski definition) is 1. The molecule has 0 radical (unpaired) electrons. The van der Waals surface area contributed by atoms with E-state index in [9.17, 15) is 12.6 Å². The van der Waals surface area contributed by atoms with E-state index in [0.29, 0.717) is 23.7 Å². The summed E-state index contributed by atoms with van der Waals surface area (Å²) < 4.78 is 44.7. The second kappa shape index (κ2) is 6.33. The molecule has 118 valence electrons. The maximum Gasteiger partial charge on any atom is 0.301 e. The third-order valence-corrected chi connectivity index (χ3v) is 6.89. The van der Waals surface area contributed by atoms with Crippen LogP contribution in [0.1, 0.15) is 19.3 Å². The molecule has 0 saturated carbocycles. The Bertz CT molecular complexity index is 716. The summed E-state index contributed by atoms with van der Waals surface area (Å²) in [5, 5.41) is 0. The zero-order valence-corrected chi connectivity index (χ0v) is 13.9. The second-order valence-corrected chi connectivity index (χ2v) is 9.19. The maximum absolute atomic E-state index is 12.3. The van der Waals surface area contributed by atoms with Crippen LogP contribution in [0.25, 0.3) is 0 Å². The Kier molecular flexibility index (Phi) is 4.90. The minimum Gasteiger partial charge on any atom is -0.271 e. The van der Waals surface area contributed by atoms with Crippen LogP contribution in [-0.2, 0) is 19.9 Å². The van der Waals surface area contributed by atoms with Gasteiger partial charge in [0, 0.05) is 31.3 Å². The van der Waals surface area contributed by atoms with Crippen molar-refractivity contribution < 1.29 is 12.6 Å². The Morgan fingerprint density at radius 2 is 1.81 bits per heavy atom. The van der Waals surface area contributed by atoms with E-state index in [1.54, 1.807) is 24.3 Å². The number of nitrogens with zero attached hydrogens (tertiary/aromatic N) is 2. The predicted octanol–water partition coefficient (Wildman–Crippen LogP) is 1.92. The molecule has 0 bridgehead atoms. The first-order valence-corrected chi connectivity index (χ1v) is 10.2. The Morgan fingerprint density at radius 1 is 1.14 bits per heavy atom. The molecule has 1 aliphatic heterocycles. The molecule has 1 atom stereocenters. The van der Waals surface area contributed by atoms with Gasteiger partial charge in [0.15, 0.2) is 0 Å². The third kappa shape index (κ3) is 3.96. The van der Waals surface area contributed by atoms with Crippen LogP contribution in [0.3, 0.4) is 0 Å². The van der Waals surface area contributed by atoms with Crippen molar-refractivity contribution in [3.05, 3.63) is 24.3 Å². The summed E-state index contributed by atoms with van der Waals surface area (Å²) >= 11 is 0. The molecular weight excluding hydrogens is 310 g/mol. The fraction of sp³-hybridized carbons (Fsp3) is 0.538. The minimum atomic E-state index is -3.55. The quantitative estimate of drug-likeness (QED) is 0.915. The SMILES string of the molecule is CN=S(C)(=O)c1cccc(NS(=O)(=O)N2CCCCC2)c1. The van der Waals surface area contributed by atoms with Crippen molar-refractivity contribution in [3.63, 3.8) is 0 Å². The molecule has 1 aromatic carbocycles. The Morgan fingerprint density at radius 3 is 2.43 bits per heavy atom. The van der Waals surface area contributed by atoms with E-state index in [2.05, 4.69) is 9.08 Å². The zero-order valence-electron chi connectivity index (χ0n) is 12.3. The average molecular weight is 331 g/mol. The molecule has 21 heavy (non-hydrogen) atoms. The average Bonchev–Trinajstić information content (AvgIpc) is 2.48. The Hall–Kier alpha value is -1.12. The van der Waals surface area contributed by atoms with Crippen LogP contribution in [0, 0.1) is 0 Å². The molecule has 8 heteroatoms. The van der Waals surface area contributed by atoms with Gasteiger partial charge in [0.1, 0.15) is 0 Å². The molecule has 0 aliphatic carbocycles. The van der Waals surface area contributed by atoms with Gasteiger partial charge in [-0.05, 0) is 31.0 Å². The van der Waals surface area contributed by atoms with Crippen LogP contribution in [0.4, 0.5) is 5.69 Å². The van der Waals surface area contributed by atoms with Gasteiger partial charge in [0.25, 0.3) is 0 Å². The van der Waals surface area contributed by atoms with Crippen molar-refractivity contribution >= 4 is 25.6 Å². The van der Waals surface area contributed by atoms with Crippen molar-refractivity contribution in [3.8, 4) is 0 Å². The highest BCUT2D eigenvalue weighted by atomic mass is 32.2. The molecule has 1 fully saturated rings. The first kappa shape index (κ1) is 16.3. The van der Waals surface area contributed by atoms with Gasteiger partial charge in [-0.1, -0.05) is 12.5 Å². The summed E-state index contributed by atoms with van der Waals surface area (Å²) in [5.74, 6) is 0. The number of hydrogen-bond acceptors (Lipinski definition) is 4. The highest BCUT2D eigenvalue weighted by Gasteiger charge is 2.23. The molecule has 0 spiro atoms. The fourth-order valence-electron chi connectivity index (χ4n) is 2.22. The minimum absolute atomic E-state index is 0.413. The third-order valence-electron chi connectivity index (χ3n) is 3.52. The molecule has 0 aromatic heterocycles. The lowest BCUT2D eigenvalue weighted by Gasteiger charge is -2.26. The lowest BCUT2D eigenvalue weighted by Crippen LogP contribution is -2.39. The number of piperidine rings is 1. The molecule has 1 aromatic rings. The van der Waals surface area contributed by atoms with Crippen LogP contribution < -0.4 is 4.72 Å². The first-order chi connectivity index (χ1) is 9.85. The lowest BCUT2D eigenvalue weighted by atomic mass is 10.2. The van der Waals surface area contributed by atoms with Crippen LogP contribution in [0.15, 0.2) is 33.5 Å². The van der Waals surface area contributed by atoms with Gasteiger partial charge >= 0.3 is 10.2 Å². The molecule has 1 saturated heterocycles. The molecule has 6 nitrogen and oxygen atoms in total. The van der Waals surface area contributed by atoms with Crippen molar-refractivity contribution in [2.75, 3.05) is 31.1 Å². The van der Waals surface area contributed by atoms with Gasteiger partial charge in [-0.2, -0.15) is 12.7 Å². The first-order valence-electron chi connectivity index (χ1n) is 6.83. The normalized spacial score (nSPS) is 19.7. The summed E-state index contributed by atoms with van der Waals surface area (Å²) in [6.45, 7) is 1.09. The van der Waals surface area contributed by atoms with Gasteiger partial charge < -0.3 is 0 Å². The topological polar surface area (TPSA) is 78.8 Å². The standard InChI is InChI=1S/C13H21N3O3S2/c1-14-20(2,17)13-8-6-7-12(11-13)15-21(18,19)16-9-4-3-5-10-16/h6-8,11,15H,3-5,9-10H2,1-2H3. The second-order valence-electron chi connectivity index (χ2n) is 5.08. The van der Waals surface area contributed by atoms with Crippen LogP contribution in [0.5, 0.6) is 0 Å². The van der Waals surface area contributed by atoms with Gasteiger partial charge in [-0.15, -0.1) is 0 Å². The van der Waals surface area contributed by atoms with Gasteiger partial charge in [0.05, 0.1) is 15.4 Å². The summed E-state index contributed by atoms with van der Waals surface area (Å²) in [7, 11) is -4.53. The Balaban J connectivity index is 2.24. The molecule has 0 amide bonds. The number of anilines is 1. The fourth-order valence-corrected chi connectivity index (χ4v) is 4.40. The van der Waals surface area contributed by atoms with Crippen molar-refractivity contribution in [1.29, 1.82) is 0 Å². The zero-order chi connectivity index (χ0) is 15.5. The lowest BCUT2D eigenvalue weighted by molar-refractivity contribution is 0.349. The highest BCUT2D eigenvalue weighted by Crippen LogP contribution is 2.20. The van der Waals surface area contributed by atoms with Crippen LogP contribution in [-0.4, -0.2) is 43.3 Å². The number of rotatable bonds is 4. The van der Waals surface area contributed by atoms with E-state index < -0.39 is 19.9 Å². The molecule has 1 aliphatic rings. The van der Waals surface area contributed by atoms with E-state index in [1.165, 1.54) is 17.6 Å². The summed E-state index contributed by atoms with van der Waals surface area (Å²) in [4.78, 5) is 0.517. The van der Waals surface area contributed by atoms with Crippen molar-refractivity contribution in [1.82, 2.24) is 4.31 Å². The van der Waals surface area contributed by atoms with Crippen molar-refractivity contribution in [2.45, 2.75) is 24.2 Å². The largest absolute Gasteiger partial charge is 0.301 e. The predicted molar refractivity (Wildman–Crippen MR) is 85.1 cm³/mol. The molecule has 2 rings (SSSR count). The van der Waals surface area contributed by atoms with E-state index in [1.807, 2.05) is 0 Å². The molecule has 1 unspecified atom stereocenters. The molecule has 1 N–H and O–H groups in total. The van der Waals surface area contributed by atoms with E-state index in [4.69, 9.17) is 0 Å². The maximum atomic E-state index is 12.3. The van der Waals surface area contributed by atoms with Gasteiger partial charge in [0.2, 0.25) is 0 Å².